The molecule has 0 radical (unpaired) electrons. The van der Waals surface area contributed by atoms with Gasteiger partial charge in [0.1, 0.15) is 0 Å². The number of carbonyl (C=O) groups is 1. The third kappa shape index (κ3) is 4.81. The van der Waals surface area contributed by atoms with Gasteiger partial charge in [-0.25, -0.2) is 4.79 Å². The van der Waals surface area contributed by atoms with Gasteiger partial charge in [-0.1, -0.05) is 6.92 Å². The van der Waals surface area contributed by atoms with Crippen LogP contribution in [0.5, 0.6) is 0 Å². The molecule has 3 N–H and O–H groups in total. The number of amides is 2. The predicted molar refractivity (Wildman–Crippen MR) is 63.4 cm³/mol. The van der Waals surface area contributed by atoms with Crippen molar-refractivity contribution in [3.63, 3.8) is 0 Å². The fraction of sp³-hybridized carbons (Fsp3) is 0.909. The Bertz CT molecular complexity index is 211. The summed E-state index contributed by atoms with van der Waals surface area (Å²) >= 11 is 0. The van der Waals surface area contributed by atoms with E-state index in [1.807, 2.05) is 0 Å². The van der Waals surface area contributed by atoms with E-state index in [-0.39, 0.29) is 6.03 Å². The molecule has 5 nitrogen and oxygen atoms in total. The molecule has 0 aromatic rings. The zero-order chi connectivity index (χ0) is 11.8. The summed E-state index contributed by atoms with van der Waals surface area (Å²) in [7, 11) is 1.62. The molecule has 0 aromatic heterocycles. The van der Waals surface area contributed by atoms with Gasteiger partial charge in [-0.05, 0) is 31.3 Å². The van der Waals surface area contributed by atoms with E-state index in [0.29, 0.717) is 19.1 Å². The van der Waals surface area contributed by atoms with Crippen LogP contribution in [0.1, 0.15) is 13.3 Å². The lowest BCUT2D eigenvalue weighted by Gasteiger charge is -2.14. The van der Waals surface area contributed by atoms with E-state index in [1.165, 1.54) is 0 Å². The van der Waals surface area contributed by atoms with Gasteiger partial charge in [0.2, 0.25) is 0 Å². The third-order valence-corrected chi connectivity index (χ3v) is 3.07. The van der Waals surface area contributed by atoms with E-state index < -0.39 is 0 Å². The number of hydrogen-bond acceptors (Lipinski definition) is 3. The fourth-order valence-corrected chi connectivity index (χ4v) is 1.95. The van der Waals surface area contributed by atoms with Crippen molar-refractivity contribution in [2.24, 2.45) is 11.8 Å². The summed E-state index contributed by atoms with van der Waals surface area (Å²) in [4.78, 5) is 11.3. The Kier molecular flexibility index (Phi) is 6.18. The average molecular weight is 229 g/mol. The minimum Gasteiger partial charge on any atom is -0.383 e. The van der Waals surface area contributed by atoms with Crippen LogP contribution in [-0.4, -0.2) is 45.9 Å². The van der Waals surface area contributed by atoms with Crippen LogP contribution < -0.4 is 16.0 Å². The molecule has 0 spiro atoms. The summed E-state index contributed by atoms with van der Waals surface area (Å²) in [5.41, 5.74) is 0. The molecule has 0 unspecified atom stereocenters. The SMILES string of the molecule is COCCNC(=O)NCC[C@@H]1CNC[C@H]1C. The summed E-state index contributed by atoms with van der Waals surface area (Å²) < 4.78 is 4.84. The first-order chi connectivity index (χ1) is 7.74. The van der Waals surface area contributed by atoms with Crippen molar-refractivity contribution in [1.29, 1.82) is 0 Å². The smallest absolute Gasteiger partial charge is 0.314 e. The zero-order valence-electron chi connectivity index (χ0n) is 10.2. The molecule has 1 aliphatic rings. The number of ether oxygens (including phenoxy) is 1. The van der Waals surface area contributed by atoms with Gasteiger partial charge in [0.05, 0.1) is 6.61 Å². The van der Waals surface area contributed by atoms with E-state index in [1.54, 1.807) is 7.11 Å². The minimum atomic E-state index is -0.101. The highest BCUT2D eigenvalue weighted by molar-refractivity contribution is 5.73. The standard InChI is InChI=1S/C11H23N3O2/c1-9-7-12-8-10(9)3-4-13-11(15)14-5-6-16-2/h9-10,12H,3-8H2,1-2H3,(H2,13,14,15)/t9-,10-/m1/s1. The summed E-state index contributed by atoms with van der Waals surface area (Å²) in [5, 5.41) is 8.94. The number of carbonyl (C=O) groups excluding carboxylic acids is 1. The van der Waals surface area contributed by atoms with E-state index in [2.05, 4.69) is 22.9 Å². The molecule has 0 bridgehead atoms. The van der Waals surface area contributed by atoms with E-state index in [4.69, 9.17) is 4.74 Å². The van der Waals surface area contributed by atoms with Gasteiger partial charge in [-0.2, -0.15) is 0 Å². The Morgan fingerprint density at radius 1 is 1.38 bits per heavy atom. The highest BCUT2D eigenvalue weighted by Gasteiger charge is 2.22. The third-order valence-electron chi connectivity index (χ3n) is 3.07. The van der Waals surface area contributed by atoms with Crippen molar-refractivity contribution in [1.82, 2.24) is 16.0 Å². The molecule has 5 heteroatoms. The van der Waals surface area contributed by atoms with Crippen molar-refractivity contribution in [2.45, 2.75) is 13.3 Å². The van der Waals surface area contributed by atoms with E-state index in [9.17, 15) is 4.79 Å². The number of urea groups is 1. The van der Waals surface area contributed by atoms with Crippen molar-refractivity contribution < 1.29 is 9.53 Å². The molecule has 0 aromatic carbocycles. The first-order valence-corrected chi connectivity index (χ1v) is 5.95. The van der Waals surface area contributed by atoms with Crippen molar-refractivity contribution in [2.75, 3.05) is 39.9 Å². The summed E-state index contributed by atoms with van der Waals surface area (Å²) in [6.45, 7) is 6.29. The lowest BCUT2D eigenvalue weighted by atomic mass is 9.95. The van der Waals surface area contributed by atoms with Gasteiger partial charge < -0.3 is 20.7 Å². The molecule has 1 aliphatic heterocycles. The van der Waals surface area contributed by atoms with Gasteiger partial charge in [-0.15, -0.1) is 0 Å². The Balaban J connectivity index is 1.99. The first-order valence-electron chi connectivity index (χ1n) is 5.95. The molecule has 2 atom stereocenters. The molecule has 1 heterocycles. The Labute approximate surface area is 97.3 Å². The van der Waals surface area contributed by atoms with E-state index in [0.717, 1.165) is 32.0 Å². The largest absolute Gasteiger partial charge is 0.383 e. The lowest BCUT2D eigenvalue weighted by Crippen LogP contribution is -2.38. The summed E-state index contributed by atoms with van der Waals surface area (Å²) in [5.74, 6) is 1.41. The molecule has 1 fully saturated rings. The highest BCUT2D eigenvalue weighted by atomic mass is 16.5. The normalized spacial score (nSPS) is 24.4. The second-order valence-corrected chi connectivity index (χ2v) is 4.36. The molecule has 16 heavy (non-hydrogen) atoms. The molecular formula is C11H23N3O2. The van der Waals surface area contributed by atoms with Gasteiger partial charge in [0, 0.05) is 20.2 Å². The predicted octanol–water partition coefficient (Wildman–Crippen LogP) is 0.178. The maximum Gasteiger partial charge on any atom is 0.314 e. The van der Waals surface area contributed by atoms with Crippen LogP contribution in [0.15, 0.2) is 0 Å². The molecule has 1 saturated heterocycles. The van der Waals surface area contributed by atoms with Crippen LogP contribution in [0.25, 0.3) is 0 Å². The quantitative estimate of drug-likeness (QED) is 0.569. The topological polar surface area (TPSA) is 62.4 Å². The van der Waals surface area contributed by atoms with Gasteiger partial charge >= 0.3 is 6.03 Å². The molecule has 0 saturated carbocycles. The number of rotatable bonds is 6. The average Bonchev–Trinajstić information content (AvgIpc) is 2.65. The zero-order valence-corrected chi connectivity index (χ0v) is 10.2. The first kappa shape index (κ1) is 13.3. The van der Waals surface area contributed by atoms with Gasteiger partial charge in [-0.3, -0.25) is 0 Å². The van der Waals surface area contributed by atoms with Crippen molar-refractivity contribution >= 4 is 6.03 Å². The van der Waals surface area contributed by atoms with Crippen molar-refractivity contribution in [3.05, 3.63) is 0 Å². The van der Waals surface area contributed by atoms with Crippen LogP contribution in [0, 0.1) is 11.8 Å². The maximum atomic E-state index is 11.3. The minimum absolute atomic E-state index is 0.101. The Morgan fingerprint density at radius 3 is 2.75 bits per heavy atom. The molecule has 2 amide bonds. The molecule has 0 aliphatic carbocycles. The number of methoxy groups -OCH3 is 1. The molecule has 94 valence electrons. The van der Waals surface area contributed by atoms with Crippen molar-refractivity contribution in [3.8, 4) is 0 Å². The molecule has 1 rings (SSSR count). The summed E-state index contributed by atoms with van der Waals surface area (Å²) in [6.07, 6.45) is 1.05. The second kappa shape index (κ2) is 7.46. The highest BCUT2D eigenvalue weighted by Crippen LogP contribution is 2.18. The molecular weight excluding hydrogens is 206 g/mol. The number of nitrogens with one attached hydrogen (secondary N) is 3. The van der Waals surface area contributed by atoms with Crippen LogP contribution in [0.3, 0.4) is 0 Å². The van der Waals surface area contributed by atoms with Crippen LogP contribution in [0.2, 0.25) is 0 Å². The lowest BCUT2D eigenvalue weighted by molar-refractivity contribution is 0.195. The Morgan fingerprint density at radius 2 is 2.12 bits per heavy atom. The number of hydrogen-bond donors (Lipinski definition) is 3. The Hall–Kier alpha value is -0.810. The summed E-state index contributed by atoms with van der Waals surface area (Å²) in [6, 6.07) is -0.101. The van der Waals surface area contributed by atoms with Crippen LogP contribution >= 0.6 is 0 Å². The van der Waals surface area contributed by atoms with Crippen LogP contribution in [-0.2, 0) is 4.74 Å². The van der Waals surface area contributed by atoms with Crippen LogP contribution in [0.4, 0.5) is 4.79 Å². The second-order valence-electron chi connectivity index (χ2n) is 4.36. The van der Waals surface area contributed by atoms with Gasteiger partial charge in [0.15, 0.2) is 0 Å². The van der Waals surface area contributed by atoms with Gasteiger partial charge in [0.25, 0.3) is 0 Å². The monoisotopic (exact) mass is 229 g/mol. The maximum absolute atomic E-state index is 11.3. The van der Waals surface area contributed by atoms with E-state index >= 15 is 0 Å². The fourth-order valence-electron chi connectivity index (χ4n) is 1.95.